The van der Waals surface area contributed by atoms with Crippen molar-refractivity contribution in [3.05, 3.63) is 16.2 Å². The molecular formula is C15H19ClN4O3S2. The molecule has 0 spiro atoms. The number of thiophene rings is 1. The van der Waals surface area contributed by atoms with Gasteiger partial charge in [-0.15, -0.1) is 11.3 Å². The van der Waals surface area contributed by atoms with E-state index < -0.39 is 10.0 Å². The van der Waals surface area contributed by atoms with Gasteiger partial charge in [-0.25, -0.2) is 13.4 Å². The van der Waals surface area contributed by atoms with E-state index in [2.05, 4.69) is 14.9 Å². The van der Waals surface area contributed by atoms with E-state index in [9.17, 15) is 8.42 Å². The molecule has 10 heteroatoms. The number of ether oxygens (including phenoxy) is 1. The molecule has 2 aromatic heterocycles. The van der Waals surface area contributed by atoms with E-state index in [1.807, 2.05) is 6.07 Å². The molecule has 1 saturated carbocycles. The van der Waals surface area contributed by atoms with Gasteiger partial charge in [-0.2, -0.15) is 9.29 Å². The van der Waals surface area contributed by atoms with Gasteiger partial charge in [-0.3, -0.25) is 0 Å². The number of fused-ring (bicyclic) bond motifs is 1. The summed E-state index contributed by atoms with van der Waals surface area (Å²) in [5.74, 6) is 0.808. The third-order valence-corrected chi connectivity index (χ3v) is 8.03. The molecule has 0 unspecified atom stereocenters. The normalized spacial score (nSPS) is 19.1. The van der Waals surface area contributed by atoms with Crippen LogP contribution in [0.25, 0.3) is 10.2 Å². The van der Waals surface area contributed by atoms with Crippen LogP contribution in [-0.4, -0.2) is 61.3 Å². The first kappa shape index (κ1) is 17.4. The molecule has 136 valence electrons. The molecule has 25 heavy (non-hydrogen) atoms. The average molecular weight is 403 g/mol. The number of sulfonamides is 1. The highest BCUT2D eigenvalue weighted by Gasteiger charge is 2.38. The molecule has 2 aliphatic rings. The lowest BCUT2D eigenvalue weighted by Crippen LogP contribution is -2.36. The van der Waals surface area contributed by atoms with Gasteiger partial charge in [0.2, 0.25) is 15.3 Å². The second-order valence-corrected chi connectivity index (χ2v) is 10.1. The Morgan fingerprint density at radius 3 is 2.76 bits per heavy atom. The van der Waals surface area contributed by atoms with Crippen LogP contribution in [0.15, 0.2) is 6.07 Å². The summed E-state index contributed by atoms with van der Waals surface area (Å²) in [4.78, 5) is 11.8. The van der Waals surface area contributed by atoms with Crippen molar-refractivity contribution in [2.75, 3.05) is 38.3 Å². The maximum Gasteiger partial charge on any atom is 0.224 e. The van der Waals surface area contributed by atoms with Crippen molar-refractivity contribution in [3.63, 3.8) is 0 Å². The van der Waals surface area contributed by atoms with Crippen molar-refractivity contribution in [1.29, 1.82) is 0 Å². The van der Waals surface area contributed by atoms with Crippen LogP contribution in [-0.2, 0) is 21.3 Å². The number of morpholine rings is 1. The highest BCUT2D eigenvalue weighted by molar-refractivity contribution is 7.90. The van der Waals surface area contributed by atoms with E-state index in [0.717, 1.165) is 46.8 Å². The first-order chi connectivity index (χ1) is 11.9. The van der Waals surface area contributed by atoms with Crippen LogP contribution in [0.1, 0.15) is 17.7 Å². The molecule has 2 fully saturated rings. The lowest BCUT2D eigenvalue weighted by molar-refractivity contribution is 0.122. The van der Waals surface area contributed by atoms with Gasteiger partial charge in [-0.1, -0.05) is 0 Å². The lowest BCUT2D eigenvalue weighted by atomic mass is 10.3. The van der Waals surface area contributed by atoms with Crippen LogP contribution in [0.4, 0.5) is 5.82 Å². The van der Waals surface area contributed by atoms with E-state index >= 15 is 0 Å². The van der Waals surface area contributed by atoms with Crippen LogP contribution < -0.4 is 4.90 Å². The van der Waals surface area contributed by atoms with Crippen molar-refractivity contribution < 1.29 is 13.2 Å². The first-order valence-corrected chi connectivity index (χ1v) is 10.9. The zero-order valence-corrected chi connectivity index (χ0v) is 16.2. The van der Waals surface area contributed by atoms with Crippen LogP contribution in [0, 0.1) is 0 Å². The molecule has 1 aliphatic carbocycles. The highest BCUT2D eigenvalue weighted by atomic mass is 35.5. The third-order valence-electron chi connectivity index (χ3n) is 4.45. The molecule has 0 atom stereocenters. The third kappa shape index (κ3) is 3.48. The van der Waals surface area contributed by atoms with Gasteiger partial charge in [0.1, 0.15) is 0 Å². The molecule has 4 rings (SSSR count). The molecule has 0 N–H and O–H groups in total. The zero-order valence-electron chi connectivity index (χ0n) is 13.8. The average Bonchev–Trinajstić information content (AvgIpc) is 3.37. The van der Waals surface area contributed by atoms with Gasteiger partial charge in [-0.05, 0) is 30.5 Å². The Kier molecular flexibility index (Phi) is 4.61. The minimum absolute atomic E-state index is 0.204. The largest absolute Gasteiger partial charge is 0.378 e. The number of anilines is 1. The minimum atomic E-state index is -3.19. The molecule has 0 bridgehead atoms. The number of hydrogen-bond acceptors (Lipinski definition) is 7. The van der Waals surface area contributed by atoms with Crippen molar-refractivity contribution in [2.45, 2.75) is 24.6 Å². The van der Waals surface area contributed by atoms with Crippen LogP contribution in [0.5, 0.6) is 0 Å². The SMILES string of the molecule is CN(Cc1cc2nc(Cl)nc(N3CCOCC3)c2s1)S(=O)(=O)C1CC1. The first-order valence-electron chi connectivity index (χ1n) is 8.19. The quantitative estimate of drug-likeness (QED) is 0.713. The van der Waals surface area contributed by atoms with Crippen molar-refractivity contribution in [1.82, 2.24) is 14.3 Å². The molecule has 3 heterocycles. The van der Waals surface area contributed by atoms with E-state index in [-0.39, 0.29) is 10.5 Å². The Labute approximate surface area is 155 Å². The number of hydrogen-bond donors (Lipinski definition) is 0. The maximum atomic E-state index is 12.3. The van der Waals surface area contributed by atoms with Crippen molar-refractivity contribution >= 4 is 49.0 Å². The van der Waals surface area contributed by atoms with Gasteiger partial charge < -0.3 is 9.64 Å². The predicted octanol–water partition coefficient (Wildman–Crippen LogP) is 2.11. The molecule has 0 amide bonds. The summed E-state index contributed by atoms with van der Waals surface area (Å²) >= 11 is 7.63. The molecule has 0 radical (unpaired) electrons. The second kappa shape index (κ2) is 6.62. The van der Waals surface area contributed by atoms with Crippen LogP contribution in [0.2, 0.25) is 5.28 Å². The summed E-state index contributed by atoms with van der Waals surface area (Å²) in [6.45, 7) is 3.17. The fraction of sp³-hybridized carbons (Fsp3) is 0.600. The fourth-order valence-electron chi connectivity index (χ4n) is 2.93. The minimum Gasteiger partial charge on any atom is -0.378 e. The Balaban J connectivity index is 1.65. The van der Waals surface area contributed by atoms with Crippen molar-refractivity contribution in [3.8, 4) is 0 Å². The van der Waals surface area contributed by atoms with Crippen LogP contribution >= 0.6 is 22.9 Å². The monoisotopic (exact) mass is 402 g/mol. The molecule has 0 aromatic carbocycles. The number of rotatable bonds is 5. The Bertz CT molecular complexity index is 892. The van der Waals surface area contributed by atoms with E-state index in [4.69, 9.17) is 16.3 Å². The predicted molar refractivity (Wildman–Crippen MR) is 98.9 cm³/mol. The molecule has 7 nitrogen and oxygen atoms in total. The summed E-state index contributed by atoms with van der Waals surface area (Å²) in [5.41, 5.74) is 0.763. The Morgan fingerprint density at radius 1 is 1.36 bits per heavy atom. The van der Waals surface area contributed by atoms with Gasteiger partial charge in [0.05, 0.1) is 28.7 Å². The Hall–Kier alpha value is -1.00. The molecule has 1 aliphatic heterocycles. The highest BCUT2D eigenvalue weighted by Crippen LogP contribution is 2.35. The number of nitrogens with zero attached hydrogens (tertiary/aromatic N) is 4. The molecular weight excluding hydrogens is 384 g/mol. The fourth-order valence-corrected chi connectivity index (χ4v) is 5.91. The second-order valence-electron chi connectivity index (χ2n) is 6.34. The summed E-state index contributed by atoms with van der Waals surface area (Å²) in [6.07, 6.45) is 1.53. The number of halogens is 1. The van der Waals surface area contributed by atoms with Gasteiger partial charge >= 0.3 is 0 Å². The lowest BCUT2D eigenvalue weighted by Gasteiger charge is -2.28. The smallest absolute Gasteiger partial charge is 0.224 e. The van der Waals surface area contributed by atoms with Gasteiger partial charge in [0, 0.05) is 31.6 Å². The Morgan fingerprint density at radius 2 is 2.08 bits per heavy atom. The summed E-state index contributed by atoms with van der Waals surface area (Å²) in [5, 5.41) is 0.00215. The van der Waals surface area contributed by atoms with Crippen molar-refractivity contribution in [2.24, 2.45) is 0 Å². The standard InChI is InChI=1S/C15H19ClN4O3S2/c1-19(25(21,22)11-2-3-11)9-10-8-12-13(24-10)14(18-15(16)17-12)20-4-6-23-7-5-20/h8,11H,2-7,9H2,1H3. The summed E-state index contributed by atoms with van der Waals surface area (Å²) in [6, 6.07) is 1.91. The van der Waals surface area contributed by atoms with Gasteiger partial charge in [0.15, 0.2) is 5.82 Å². The number of aromatic nitrogens is 2. The zero-order chi connectivity index (χ0) is 17.6. The molecule has 1 saturated heterocycles. The summed E-state index contributed by atoms with van der Waals surface area (Å²) < 4.78 is 32.5. The van der Waals surface area contributed by atoms with E-state index in [0.29, 0.717) is 19.8 Å². The van der Waals surface area contributed by atoms with Crippen LogP contribution in [0.3, 0.4) is 0 Å². The van der Waals surface area contributed by atoms with E-state index in [1.165, 1.54) is 15.6 Å². The molecule has 2 aromatic rings. The van der Waals surface area contributed by atoms with E-state index in [1.54, 1.807) is 7.05 Å². The maximum absolute atomic E-state index is 12.3. The topological polar surface area (TPSA) is 75.6 Å². The van der Waals surface area contributed by atoms with Gasteiger partial charge in [0.25, 0.3) is 0 Å². The summed E-state index contributed by atoms with van der Waals surface area (Å²) in [7, 11) is -1.55.